The summed E-state index contributed by atoms with van der Waals surface area (Å²) in [5, 5.41) is 0. The molecule has 3 N–H and O–H groups in total. The van der Waals surface area contributed by atoms with Crippen molar-refractivity contribution in [3.8, 4) is 0 Å². The lowest BCUT2D eigenvalue weighted by atomic mass is 10.0. The fourth-order valence-corrected chi connectivity index (χ4v) is 4.03. The molecule has 28 heavy (non-hydrogen) atoms. The average molecular weight is 394 g/mol. The molecule has 3 rings (SSSR count). The molecule has 2 unspecified atom stereocenters. The number of ether oxygens (including phenoxy) is 2. The first-order valence-corrected chi connectivity index (χ1v) is 9.81. The molecule has 9 heteroatoms. The van der Waals surface area contributed by atoms with E-state index in [9.17, 15) is 14.4 Å². The zero-order valence-electron chi connectivity index (χ0n) is 16.8. The van der Waals surface area contributed by atoms with Crippen LogP contribution in [-0.2, 0) is 20.8 Å². The van der Waals surface area contributed by atoms with Crippen molar-refractivity contribution in [1.29, 1.82) is 0 Å². The van der Waals surface area contributed by atoms with Crippen molar-refractivity contribution < 1.29 is 14.3 Å². The van der Waals surface area contributed by atoms with Gasteiger partial charge in [0.15, 0.2) is 5.69 Å². The van der Waals surface area contributed by atoms with Crippen LogP contribution >= 0.6 is 0 Å². The van der Waals surface area contributed by atoms with Gasteiger partial charge in [-0.3, -0.25) is 19.1 Å². The van der Waals surface area contributed by atoms with Gasteiger partial charge in [-0.2, -0.15) is 0 Å². The number of nitrogens with two attached hydrogens (primary N) is 1. The van der Waals surface area contributed by atoms with E-state index >= 15 is 0 Å². The Bertz CT molecular complexity index is 838. The van der Waals surface area contributed by atoms with E-state index in [2.05, 4.69) is 4.98 Å². The van der Waals surface area contributed by atoms with E-state index in [1.54, 1.807) is 7.11 Å². The molecule has 2 fully saturated rings. The minimum Gasteiger partial charge on any atom is -0.385 e. The van der Waals surface area contributed by atoms with E-state index in [0.717, 1.165) is 12.8 Å². The Hall–Kier alpha value is -2.13. The molecular weight excluding hydrogens is 364 g/mol. The van der Waals surface area contributed by atoms with E-state index in [4.69, 9.17) is 15.2 Å². The van der Waals surface area contributed by atoms with Gasteiger partial charge < -0.3 is 20.1 Å². The summed E-state index contributed by atoms with van der Waals surface area (Å²) >= 11 is 0. The first kappa shape index (κ1) is 20.6. The molecule has 1 amide bonds. The van der Waals surface area contributed by atoms with Crippen LogP contribution in [0.3, 0.4) is 0 Å². The van der Waals surface area contributed by atoms with E-state index < -0.39 is 11.2 Å². The highest BCUT2D eigenvalue weighted by Crippen LogP contribution is 2.58. The van der Waals surface area contributed by atoms with Crippen molar-refractivity contribution in [3.05, 3.63) is 20.8 Å². The van der Waals surface area contributed by atoms with Gasteiger partial charge in [0.2, 0.25) is 5.91 Å². The van der Waals surface area contributed by atoms with Gasteiger partial charge in [-0.05, 0) is 25.2 Å². The zero-order valence-corrected chi connectivity index (χ0v) is 16.8. The number of amides is 1. The van der Waals surface area contributed by atoms with Crippen LogP contribution in [0.5, 0.6) is 0 Å². The molecule has 2 aliphatic rings. The number of H-pyrrole nitrogens is 1. The normalized spacial score (nSPS) is 23.5. The molecule has 0 bridgehead atoms. The maximum absolute atomic E-state index is 13.3. The van der Waals surface area contributed by atoms with Crippen molar-refractivity contribution in [2.45, 2.75) is 39.7 Å². The topological polar surface area (TPSA) is 120 Å². The van der Waals surface area contributed by atoms with Gasteiger partial charge in [0.25, 0.3) is 5.56 Å². The second-order valence-corrected chi connectivity index (χ2v) is 8.26. The predicted molar refractivity (Wildman–Crippen MR) is 105 cm³/mol. The molecule has 1 aliphatic carbocycles. The molecule has 1 aromatic rings. The van der Waals surface area contributed by atoms with Gasteiger partial charge in [0.1, 0.15) is 5.82 Å². The third-order valence-electron chi connectivity index (χ3n) is 5.65. The SMILES string of the molecule is COCCCN(C(=O)C1CC12CCOC2)c1c(N)n(CC(C)C)c(=O)[nH]c1=O. The zero-order chi connectivity index (χ0) is 20.5. The fraction of sp³-hybridized carbons (Fsp3) is 0.737. The van der Waals surface area contributed by atoms with Crippen LogP contribution in [0.4, 0.5) is 11.5 Å². The van der Waals surface area contributed by atoms with Crippen molar-refractivity contribution >= 4 is 17.4 Å². The third-order valence-corrected chi connectivity index (χ3v) is 5.65. The maximum Gasteiger partial charge on any atom is 0.330 e. The first-order chi connectivity index (χ1) is 13.3. The van der Waals surface area contributed by atoms with E-state index in [0.29, 0.717) is 39.3 Å². The second-order valence-electron chi connectivity index (χ2n) is 8.26. The molecule has 1 spiro atoms. The summed E-state index contributed by atoms with van der Waals surface area (Å²) in [5.74, 6) is -0.125. The second kappa shape index (κ2) is 8.08. The highest BCUT2D eigenvalue weighted by Gasteiger charge is 2.61. The van der Waals surface area contributed by atoms with Crippen molar-refractivity contribution in [1.82, 2.24) is 9.55 Å². The monoisotopic (exact) mass is 394 g/mol. The van der Waals surface area contributed by atoms with Gasteiger partial charge in [0.05, 0.1) is 6.61 Å². The van der Waals surface area contributed by atoms with E-state index in [-0.39, 0.29) is 34.7 Å². The Kier molecular flexibility index (Phi) is 5.95. The Labute approximate surface area is 163 Å². The van der Waals surface area contributed by atoms with Gasteiger partial charge in [-0.15, -0.1) is 0 Å². The molecule has 1 aromatic heterocycles. The Morgan fingerprint density at radius 1 is 1.46 bits per heavy atom. The number of anilines is 2. The Morgan fingerprint density at radius 2 is 2.21 bits per heavy atom. The molecule has 0 aromatic carbocycles. The number of aromatic amines is 1. The smallest absolute Gasteiger partial charge is 0.330 e. The number of hydrogen-bond acceptors (Lipinski definition) is 6. The largest absolute Gasteiger partial charge is 0.385 e. The summed E-state index contributed by atoms with van der Waals surface area (Å²) in [5.41, 5.74) is 4.99. The molecule has 1 saturated heterocycles. The molecule has 1 aliphatic heterocycles. The standard InChI is InChI=1S/C19H30N4O5/c1-12(2)10-23-15(20)14(16(24)21-18(23)26)22(6-4-7-27-3)17(25)13-9-19(13)5-8-28-11-19/h12-13H,4-11,20H2,1-3H3,(H,21,24,26). The van der Waals surface area contributed by atoms with Gasteiger partial charge in [-0.1, -0.05) is 13.8 Å². The van der Waals surface area contributed by atoms with Crippen LogP contribution in [-0.4, -0.2) is 48.9 Å². The number of nitrogens with zero attached hydrogens (tertiary/aromatic N) is 2. The van der Waals surface area contributed by atoms with Crippen LogP contribution in [0.2, 0.25) is 0 Å². The average Bonchev–Trinajstić information content (AvgIpc) is 3.12. The van der Waals surface area contributed by atoms with Gasteiger partial charge in [-0.25, -0.2) is 4.79 Å². The molecule has 2 atom stereocenters. The van der Waals surface area contributed by atoms with Crippen molar-refractivity contribution in [2.75, 3.05) is 44.1 Å². The molecular formula is C19H30N4O5. The number of nitrogens with one attached hydrogen (secondary N) is 1. The number of carbonyl (C=O) groups is 1. The minimum atomic E-state index is -0.634. The maximum atomic E-state index is 13.3. The molecule has 0 radical (unpaired) electrons. The van der Waals surface area contributed by atoms with Crippen LogP contribution in [0.1, 0.15) is 33.1 Å². The fourth-order valence-electron chi connectivity index (χ4n) is 4.03. The number of carbonyl (C=O) groups excluding carboxylic acids is 1. The van der Waals surface area contributed by atoms with Crippen LogP contribution in [0.25, 0.3) is 0 Å². The van der Waals surface area contributed by atoms with E-state index in [1.165, 1.54) is 9.47 Å². The lowest BCUT2D eigenvalue weighted by Crippen LogP contribution is -2.43. The highest BCUT2D eigenvalue weighted by atomic mass is 16.5. The first-order valence-electron chi connectivity index (χ1n) is 9.81. The number of aromatic nitrogens is 2. The summed E-state index contributed by atoms with van der Waals surface area (Å²) in [6.07, 6.45) is 2.17. The molecule has 1 saturated carbocycles. The Morgan fingerprint density at radius 3 is 2.82 bits per heavy atom. The lowest BCUT2D eigenvalue weighted by Gasteiger charge is -2.25. The lowest BCUT2D eigenvalue weighted by molar-refractivity contribution is -0.120. The number of rotatable bonds is 8. The molecule has 9 nitrogen and oxygen atoms in total. The van der Waals surface area contributed by atoms with Crippen LogP contribution in [0, 0.1) is 17.3 Å². The van der Waals surface area contributed by atoms with Crippen molar-refractivity contribution in [2.24, 2.45) is 17.3 Å². The quantitative estimate of drug-likeness (QED) is 0.622. The highest BCUT2D eigenvalue weighted by molar-refractivity contribution is 5.99. The summed E-state index contributed by atoms with van der Waals surface area (Å²) in [7, 11) is 1.59. The number of hydrogen-bond donors (Lipinski definition) is 2. The third kappa shape index (κ3) is 3.86. The van der Waals surface area contributed by atoms with Crippen molar-refractivity contribution in [3.63, 3.8) is 0 Å². The summed E-state index contributed by atoms with van der Waals surface area (Å²) in [6.45, 7) is 6.25. The summed E-state index contributed by atoms with van der Waals surface area (Å²) in [4.78, 5) is 42.0. The molecule has 2 heterocycles. The van der Waals surface area contributed by atoms with Crippen LogP contribution < -0.4 is 21.9 Å². The summed E-state index contributed by atoms with van der Waals surface area (Å²) in [6, 6.07) is 0. The van der Waals surface area contributed by atoms with E-state index in [1.807, 2.05) is 13.8 Å². The minimum absolute atomic E-state index is 0.0330. The molecule has 156 valence electrons. The van der Waals surface area contributed by atoms with Gasteiger partial charge in [0, 0.05) is 44.7 Å². The summed E-state index contributed by atoms with van der Waals surface area (Å²) < 4.78 is 11.9. The number of nitrogen functional groups attached to an aromatic ring is 1. The number of methoxy groups -OCH3 is 1. The van der Waals surface area contributed by atoms with Gasteiger partial charge >= 0.3 is 5.69 Å². The predicted octanol–water partition coefficient (Wildman–Crippen LogP) is 0.571. The Balaban J connectivity index is 1.97. The van der Waals surface area contributed by atoms with Crippen LogP contribution in [0.15, 0.2) is 9.59 Å².